The molecule has 0 aromatic rings. The summed E-state index contributed by atoms with van der Waals surface area (Å²) >= 11 is 0. The van der Waals surface area contributed by atoms with Crippen LogP contribution in [0.15, 0.2) is 12.7 Å². The van der Waals surface area contributed by atoms with Crippen molar-refractivity contribution in [2.45, 2.75) is 0 Å². The Hall–Kier alpha value is -2.16. The van der Waals surface area contributed by atoms with E-state index >= 15 is 0 Å². The molecule has 0 amide bonds. The summed E-state index contributed by atoms with van der Waals surface area (Å²) in [7, 11) is 1.49. The molecule has 0 unspecified atom stereocenters. The van der Waals surface area contributed by atoms with Gasteiger partial charge in [-0.1, -0.05) is 0 Å². The molecule has 0 saturated carbocycles. The SMILES string of the molecule is COn1cnc(C#N)c2ncnc1-2. The number of hydrogen-bond acceptors (Lipinski definition) is 5. The lowest BCUT2D eigenvalue weighted by molar-refractivity contribution is 0.164. The van der Waals surface area contributed by atoms with Crippen molar-refractivity contribution in [2.75, 3.05) is 7.11 Å². The summed E-state index contributed by atoms with van der Waals surface area (Å²) in [6.07, 6.45) is 2.75. The standard InChI is InChI=1S/C7H5N5O/c1-13-12-4-11-5(2-8)6-7(12)10-3-9-6/h3-4H,1H3. The third kappa shape index (κ3) is 0.980. The molecule has 6 heteroatoms. The summed E-state index contributed by atoms with van der Waals surface area (Å²) in [6, 6.07) is 1.92. The number of hydrogen-bond donors (Lipinski definition) is 0. The zero-order valence-electron chi connectivity index (χ0n) is 6.80. The molecule has 13 heavy (non-hydrogen) atoms. The Morgan fingerprint density at radius 1 is 1.46 bits per heavy atom. The van der Waals surface area contributed by atoms with E-state index in [1.807, 2.05) is 6.07 Å². The minimum atomic E-state index is 0.251. The minimum Gasteiger partial charge on any atom is -0.414 e. The van der Waals surface area contributed by atoms with Gasteiger partial charge in [-0.25, -0.2) is 15.0 Å². The summed E-state index contributed by atoms with van der Waals surface area (Å²) in [5, 5.41) is 8.69. The molecule has 0 aliphatic carbocycles. The first-order valence-corrected chi connectivity index (χ1v) is 3.49. The maximum absolute atomic E-state index is 8.69. The van der Waals surface area contributed by atoms with E-state index in [0.29, 0.717) is 11.5 Å². The van der Waals surface area contributed by atoms with Gasteiger partial charge in [-0.05, 0) is 0 Å². The van der Waals surface area contributed by atoms with E-state index in [1.54, 1.807) is 0 Å². The second kappa shape index (κ2) is 2.71. The van der Waals surface area contributed by atoms with Gasteiger partial charge < -0.3 is 4.84 Å². The van der Waals surface area contributed by atoms with E-state index in [9.17, 15) is 0 Å². The summed E-state index contributed by atoms with van der Waals surface area (Å²) in [5.41, 5.74) is 0.702. The Labute approximate surface area is 73.7 Å². The second-order valence-electron chi connectivity index (χ2n) is 2.26. The van der Waals surface area contributed by atoms with Gasteiger partial charge in [0.2, 0.25) is 0 Å². The van der Waals surface area contributed by atoms with Gasteiger partial charge in [0.25, 0.3) is 0 Å². The molecule has 64 valence electrons. The molecule has 0 aromatic carbocycles. The maximum Gasteiger partial charge on any atom is 0.200 e. The van der Waals surface area contributed by atoms with Crippen molar-refractivity contribution in [3.63, 3.8) is 0 Å². The van der Waals surface area contributed by atoms with Crippen molar-refractivity contribution in [3.8, 4) is 17.6 Å². The molecule has 0 radical (unpaired) electrons. The number of imidazole rings is 1. The highest BCUT2D eigenvalue weighted by atomic mass is 16.6. The zero-order valence-corrected chi connectivity index (χ0v) is 6.80. The fourth-order valence-electron chi connectivity index (χ4n) is 1.03. The summed E-state index contributed by atoms with van der Waals surface area (Å²) in [6.45, 7) is 0. The molecule has 0 atom stereocenters. The van der Waals surface area contributed by atoms with Crippen molar-refractivity contribution in [1.29, 1.82) is 5.26 Å². The van der Waals surface area contributed by atoms with E-state index in [1.165, 1.54) is 24.5 Å². The highest BCUT2D eigenvalue weighted by Crippen LogP contribution is 2.17. The highest BCUT2D eigenvalue weighted by molar-refractivity contribution is 5.57. The summed E-state index contributed by atoms with van der Waals surface area (Å²) in [4.78, 5) is 16.6. The van der Waals surface area contributed by atoms with Crippen LogP contribution in [-0.2, 0) is 0 Å². The topological polar surface area (TPSA) is 76.6 Å². The predicted molar refractivity (Wildman–Crippen MR) is 41.7 cm³/mol. The Morgan fingerprint density at radius 2 is 2.31 bits per heavy atom. The van der Waals surface area contributed by atoms with Crippen LogP contribution in [0.5, 0.6) is 0 Å². The molecule has 0 aromatic heterocycles. The van der Waals surface area contributed by atoms with Crippen LogP contribution >= 0.6 is 0 Å². The van der Waals surface area contributed by atoms with Gasteiger partial charge in [0.1, 0.15) is 31.5 Å². The van der Waals surface area contributed by atoms with Crippen LogP contribution in [-0.4, -0.2) is 26.8 Å². The molecule has 6 nitrogen and oxygen atoms in total. The lowest BCUT2D eigenvalue weighted by Gasteiger charge is -2.07. The van der Waals surface area contributed by atoms with Crippen molar-refractivity contribution in [1.82, 2.24) is 19.7 Å². The number of nitriles is 1. The van der Waals surface area contributed by atoms with E-state index in [2.05, 4.69) is 15.0 Å². The van der Waals surface area contributed by atoms with Gasteiger partial charge in [-0.3, -0.25) is 0 Å². The lowest BCUT2D eigenvalue weighted by atomic mass is 10.3. The largest absolute Gasteiger partial charge is 0.414 e. The van der Waals surface area contributed by atoms with Crippen molar-refractivity contribution >= 4 is 0 Å². The third-order valence-corrected chi connectivity index (χ3v) is 1.61. The normalized spacial score (nSPS) is 9.85. The fourth-order valence-corrected chi connectivity index (χ4v) is 1.03. The molecule has 0 bridgehead atoms. The Kier molecular flexibility index (Phi) is 1.56. The van der Waals surface area contributed by atoms with Crippen molar-refractivity contribution in [3.05, 3.63) is 18.3 Å². The molecule has 2 aliphatic rings. The van der Waals surface area contributed by atoms with Crippen LogP contribution in [0.4, 0.5) is 0 Å². The third-order valence-electron chi connectivity index (χ3n) is 1.61. The number of nitrogens with zero attached hydrogens (tertiary/aromatic N) is 5. The van der Waals surface area contributed by atoms with Crippen LogP contribution in [0.1, 0.15) is 5.69 Å². The molecule has 0 fully saturated rings. The van der Waals surface area contributed by atoms with E-state index < -0.39 is 0 Å². The highest BCUT2D eigenvalue weighted by Gasteiger charge is 2.16. The second-order valence-corrected chi connectivity index (χ2v) is 2.26. The monoisotopic (exact) mass is 175 g/mol. The van der Waals surface area contributed by atoms with Gasteiger partial charge in [0.15, 0.2) is 11.5 Å². The molecule has 2 rings (SSSR count). The predicted octanol–water partition coefficient (Wildman–Crippen LogP) is -0.292. The number of aromatic nitrogens is 4. The van der Waals surface area contributed by atoms with Gasteiger partial charge >= 0.3 is 0 Å². The Morgan fingerprint density at radius 3 is 3.00 bits per heavy atom. The quantitative estimate of drug-likeness (QED) is 0.595. The summed E-state index contributed by atoms with van der Waals surface area (Å²) in [5.74, 6) is 0.494. The first kappa shape index (κ1) is 7.49. The number of fused-ring (bicyclic) bond motifs is 1. The van der Waals surface area contributed by atoms with Crippen LogP contribution in [0.2, 0.25) is 0 Å². The molecule has 2 aliphatic heterocycles. The van der Waals surface area contributed by atoms with Crippen molar-refractivity contribution in [2.24, 2.45) is 0 Å². The summed E-state index contributed by atoms with van der Waals surface area (Å²) < 4.78 is 1.35. The maximum atomic E-state index is 8.69. The van der Waals surface area contributed by atoms with E-state index in [-0.39, 0.29) is 5.69 Å². The van der Waals surface area contributed by atoms with Gasteiger partial charge in [0.05, 0.1) is 0 Å². The van der Waals surface area contributed by atoms with Gasteiger partial charge in [-0.15, -0.1) is 0 Å². The Bertz CT molecular complexity index is 443. The van der Waals surface area contributed by atoms with E-state index in [0.717, 1.165) is 0 Å². The van der Waals surface area contributed by atoms with Crippen LogP contribution in [0.3, 0.4) is 0 Å². The first-order valence-electron chi connectivity index (χ1n) is 3.49. The minimum absolute atomic E-state index is 0.251. The van der Waals surface area contributed by atoms with Crippen LogP contribution in [0, 0.1) is 11.3 Å². The molecular formula is C7H5N5O. The van der Waals surface area contributed by atoms with Crippen molar-refractivity contribution < 1.29 is 4.84 Å². The Balaban J connectivity index is 2.72. The molecule has 0 saturated heterocycles. The van der Waals surface area contributed by atoms with E-state index in [4.69, 9.17) is 10.1 Å². The average molecular weight is 175 g/mol. The van der Waals surface area contributed by atoms with Gasteiger partial charge in [-0.2, -0.15) is 9.99 Å². The van der Waals surface area contributed by atoms with Crippen LogP contribution in [0.25, 0.3) is 11.5 Å². The smallest absolute Gasteiger partial charge is 0.200 e. The molecule has 2 heterocycles. The molecule has 0 spiro atoms. The fraction of sp³-hybridized carbons (Fsp3) is 0.143. The molecule has 0 N–H and O–H groups in total. The van der Waals surface area contributed by atoms with Gasteiger partial charge in [0, 0.05) is 0 Å². The van der Waals surface area contributed by atoms with Crippen LogP contribution < -0.4 is 4.84 Å². The molecular weight excluding hydrogens is 170 g/mol. The first-order chi connectivity index (χ1) is 6.36. The number of rotatable bonds is 1. The average Bonchev–Trinajstić information content (AvgIpc) is 2.64. The zero-order chi connectivity index (χ0) is 9.26. The lowest BCUT2D eigenvalue weighted by Crippen LogP contribution is -2.12.